The lowest BCUT2D eigenvalue weighted by molar-refractivity contribution is -0.124. The van der Waals surface area contributed by atoms with E-state index in [4.69, 9.17) is 9.40 Å². The largest absolute Gasteiger partial charge is 0.441 e. The summed E-state index contributed by atoms with van der Waals surface area (Å²) < 4.78 is 6.08. The molecule has 5 rings (SSSR count). The lowest BCUT2D eigenvalue weighted by Gasteiger charge is -2.30. The Morgan fingerprint density at radius 2 is 1.50 bits per heavy atom. The molecule has 38 heavy (non-hydrogen) atoms. The highest BCUT2D eigenvalue weighted by molar-refractivity contribution is 5.81. The van der Waals surface area contributed by atoms with E-state index in [1.807, 2.05) is 6.92 Å². The van der Waals surface area contributed by atoms with Crippen LogP contribution in [-0.4, -0.2) is 66.4 Å². The van der Waals surface area contributed by atoms with Crippen LogP contribution >= 0.6 is 0 Å². The lowest BCUT2D eigenvalue weighted by atomic mass is 9.90. The van der Waals surface area contributed by atoms with E-state index < -0.39 is 0 Å². The van der Waals surface area contributed by atoms with Crippen LogP contribution in [0.1, 0.15) is 88.5 Å². The second-order valence-corrected chi connectivity index (χ2v) is 11.8. The highest BCUT2D eigenvalue weighted by Crippen LogP contribution is 2.28. The Labute approximate surface area is 229 Å². The maximum absolute atomic E-state index is 12.8. The number of piperidine rings is 2. The number of nitrogens with zero attached hydrogens (tertiary/aromatic N) is 4. The second-order valence-electron chi connectivity index (χ2n) is 11.8. The van der Waals surface area contributed by atoms with Crippen LogP contribution in [-0.2, 0) is 11.3 Å². The smallest absolute Gasteiger partial charge is 0.226 e. The third-order valence-electron chi connectivity index (χ3n) is 8.99. The van der Waals surface area contributed by atoms with E-state index in [1.165, 1.54) is 76.7 Å². The molecule has 0 N–H and O–H groups in total. The van der Waals surface area contributed by atoms with E-state index in [2.05, 4.69) is 39.0 Å². The molecule has 6 nitrogen and oxygen atoms in total. The monoisotopic (exact) mass is 520 g/mol. The van der Waals surface area contributed by atoms with E-state index in [1.54, 1.807) is 0 Å². The first kappa shape index (κ1) is 27.4. The number of benzene rings is 1. The Kier molecular flexibility index (Phi) is 9.91. The average Bonchev–Trinajstić information content (AvgIpc) is 3.14. The number of ketones is 1. The molecule has 0 saturated carbocycles. The Morgan fingerprint density at radius 3 is 2.21 bits per heavy atom. The van der Waals surface area contributed by atoms with Crippen molar-refractivity contribution >= 4 is 11.5 Å². The number of aromatic nitrogens is 1. The SMILES string of the molecule is Cc1oc(-c2ccc(N3CCCCC3)cc2)nc1CN1CCC(C(=O)CCCCN2CCCCCC2)CC1. The Hall–Kier alpha value is -2.18. The zero-order valence-corrected chi connectivity index (χ0v) is 23.6. The van der Waals surface area contributed by atoms with Crippen molar-refractivity contribution in [1.82, 2.24) is 14.8 Å². The summed E-state index contributed by atoms with van der Waals surface area (Å²) in [5, 5.41) is 0. The van der Waals surface area contributed by atoms with Crippen LogP contribution in [0.4, 0.5) is 5.69 Å². The molecule has 0 atom stereocenters. The maximum Gasteiger partial charge on any atom is 0.226 e. The minimum atomic E-state index is 0.247. The third-order valence-corrected chi connectivity index (χ3v) is 8.99. The third kappa shape index (κ3) is 7.47. The first-order valence-electron chi connectivity index (χ1n) is 15.4. The summed E-state index contributed by atoms with van der Waals surface area (Å²) in [4.78, 5) is 25.2. The molecule has 3 aliphatic heterocycles. The quantitative estimate of drug-likeness (QED) is 0.335. The van der Waals surface area contributed by atoms with Crippen molar-refractivity contribution in [2.75, 3.05) is 50.7 Å². The molecule has 0 aliphatic carbocycles. The number of anilines is 1. The van der Waals surface area contributed by atoms with Crippen LogP contribution in [0.3, 0.4) is 0 Å². The van der Waals surface area contributed by atoms with Crippen molar-refractivity contribution in [3.8, 4) is 11.5 Å². The maximum atomic E-state index is 12.8. The molecule has 3 fully saturated rings. The number of Topliss-reactive ketones (excluding diaryl/α,β-unsaturated/α-hetero) is 1. The van der Waals surface area contributed by atoms with Gasteiger partial charge in [0.2, 0.25) is 5.89 Å². The van der Waals surface area contributed by atoms with Gasteiger partial charge in [-0.1, -0.05) is 12.8 Å². The van der Waals surface area contributed by atoms with Crippen LogP contribution in [0.15, 0.2) is 28.7 Å². The second kappa shape index (κ2) is 13.7. The normalized spacial score (nSPS) is 20.5. The summed E-state index contributed by atoms with van der Waals surface area (Å²) in [6, 6.07) is 8.70. The molecular formula is C32H48N4O2. The molecule has 208 valence electrons. The van der Waals surface area contributed by atoms with E-state index >= 15 is 0 Å². The van der Waals surface area contributed by atoms with Gasteiger partial charge in [0.1, 0.15) is 11.5 Å². The molecule has 2 aromatic rings. The molecule has 4 heterocycles. The summed E-state index contributed by atoms with van der Waals surface area (Å²) in [5.41, 5.74) is 3.37. The van der Waals surface area contributed by atoms with Gasteiger partial charge >= 0.3 is 0 Å². The van der Waals surface area contributed by atoms with Gasteiger partial charge in [0, 0.05) is 43.2 Å². The van der Waals surface area contributed by atoms with E-state index in [0.29, 0.717) is 11.7 Å². The number of hydrogen-bond acceptors (Lipinski definition) is 6. The molecule has 0 bridgehead atoms. The standard InChI is InChI=1S/C32H48N4O2/c1-26-30(33-32(38-26)28-12-14-29(15-13-28)36-21-8-4-9-22-36)25-35-23-16-27(17-24-35)31(37)11-5-10-20-34-18-6-2-3-7-19-34/h12-15,27H,2-11,16-25H2,1H3. The van der Waals surface area contributed by atoms with E-state index in [9.17, 15) is 4.79 Å². The van der Waals surface area contributed by atoms with Gasteiger partial charge in [-0.15, -0.1) is 0 Å². The highest BCUT2D eigenvalue weighted by atomic mass is 16.4. The summed E-state index contributed by atoms with van der Waals surface area (Å²) in [6.07, 6.45) is 14.3. The Balaban J connectivity index is 1.04. The first-order chi connectivity index (χ1) is 18.7. The van der Waals surface area contributed by atoms with Crippen molar-refractivity contribution in [2.45, 2.75) is 90.5 Å². The van der Waals surface area contributed by atoms with Gasteiger partial charge in [-0.25, -0.2) is 4.98 Å². The Bertz CT molecular complexity index is 995. The first-order valence-corrected chi connectivity index (χ1v) is 15.4. The van der Waals surface area contributed by atoms with Gasteiger partial charge < -0.3 is 14.2 Å². The number of unbranched alkanes of at least 4 members (excludes halogenated alkanes) is 1. The van der Waals surface area contributed by atoms with Crippen molar-refractivity contribution in [2.24, 2.45) is 5.92 Å². The number of rotatable bonds is 10. The summed E-state index contributed by atoms with van der Waals surface area (Å²) in [5.74, 6) is 2.36. The summed E-state index contributed by atoms with van der Waals surface area (Å²) in [6.45, 7) is 10.8. The molecule has 1 aromatic heterocycles. The zero-order valence-electron chi connectivity index (χ0n) is 23.6. The molecule has 0 amide bonds. The fourth-order valence-electron chi connectivity index (χ4n) is 6.49. The van der Waals surface area contributed by atoms with Crippen molar-refractivity contribution in [3.05, 3.63) is 35.7 Å². The number of hydrogen-bond donors (Lipinski definition) is 0. The molecule has 6 heteroatoms. The van der Waals surface area contributed by atoms with Gasteiger partial charge in [0.25, 0.3) is 0 Å². The average molecular weight is 521 g/mol. The minimum Gasteiger partial charge on any atom is -0.441 e. The fourth-order valence-corrected chi connectivity index (χ4v) is 6.49. The summed E-state index contributed by atoms with van der Waals surface area (Å²) in [7, 11) is 0. The van der Waals surface area contributed by atoms with Crippen LogP contribution in [0.5, 0.6) is 0 Å². The number of carbonyl (C=O) groups excluding carboxylic acids is 1. The van der Waals surface area contributed by atoms with Gasteiger partial charge in [-0.05, 0) is 122 Å². The Morgan fingerprint density at radius 1 is 0.842 bits per heavy atom. The molecule has 1 aromatic carbocycles. The molecule has 0 spiro atoms. The molecule has 3 saturated heterocycles. The number of oxazole rings is 1. The molecule has 0 radical (unpaired) electrons. The lowest BCUT2D eigenvalue weighted by Crippen LogP contribution is -2.36. The van der Waals surface area contributed by atoms with Crippen molar-refractivity contribution < 1.29 is 9.21 Å². The van der Waals surface area contributed by atoms with Crippen molar-refractivity contribution in [1.29, 1.82) is 0 Å². The fraction of sp³-hybridized carbons (Fsp3) is 0.688. The zero-order chi connectivity index (χ0) is 26.2. The molecular weight excluding hydrogens is 472 g/mol. The van der Waals surface area contributed by atoms with E-state index in [0.717, 1.165) is 75.4 Å². The number of aryl methyl sites for hydroxylation is 1. The highest BCUT2D eigenvalue weighted by Gasteiger charge is 2.26. The summed E-state index contributed by atoms with van der Waals surface area (Å²) >= 11 is 0. The molecule has 0 unspecified atom stereocenters. The van der Waals surface area contributed by atoms with Gasteiger partial charge in [-0.2, -0.15) is 0 Å². The van der Waals surface area contributed by atoms with Crippen LogP contribution < -0.4 is 4.90 Å². The van der Waals surface area contributed by atoms with Crippen LogP contribution in [0.2, 0.25) is 0 Å². The topological polar surface area (TPSA) is 52.8 Å². The number of carbonyl (C=O) groups is 1. The van der Waals surface area contributed by atoms with Crippen LogP contribution in [0.25, 0.3) is 11.5 Å². The predicted octanol–water partition coefficient (Wildman–Crippen LogP) is 6.47. The van der Waals surface area contributed by atoms with Gasteiger partial charge in [0.15, 0.2) is 0 Å². The van der Waals surface area contributed by atoms with Crippen molar-refractivity contribution in [3.63, 3.8) is 0 Å². The predicted molar refractivity (Wildman–Crippen MR) is 155 cm³/mol. The van der Waals surface area contributed by atoms with Crippen LogP contribution in [0, 0.1) is 12.8 Å². The molecule has 3 aliphatic rings. The number of likely N-dealkylation sites (tertiary alicyclic amines) is 2. The van der Waals surface area contributed by atoms with E-state index in [-0.39, 0.29) is 5.92 Å². The minimum absolute atomic E-state index is 0.247. The van der Waals surface area contributed by atoms with Gasteiger partial charge in [-0.3, -0.25) is 9.69 Å². The van der Waals surface area contributed by atoms with Gasteiger partial charge in [0.05, 0.1) is 5.69 Å².